The number of carbonyl (C=O) groups is 2. The second-order valence-corrected chi connectivity index (χ2v) is 11.0. The van der Waals surface area contributed by atoms with E-state index < -0.39 is 17.9 Å². The van der Waals surface area contributed by atoms with E-state index in [4.69, 9.17) is 11.6 Å². The molecule has 0 saturated heterocycles. The maximum atomic E-state index is 12.7. The van der Waals surface area contributed by atoms with Crippen LogP contribution in [0.1, 0.15) is 64.6 Å². The van der Waals surface area contributed by atoms with Gasteiger partial charge in [-0.15, -0.1) is 22.7 Å². The second-order valence-electron chi connectivity index (χ2n) is 8.60. The summed E-state index contributed by atoms with van der Waals surface area (Å²) in [6, 6.07) is 1.07. The summed E-state index contributed by atoms with van der Waals surface area (Å²) in [4.78, 5) is 50.9. The zero-order valence-corrected chi connectivity index (χ0v) is 22.1. The van der Waals surface area contributed by atoms with E-state index in [1.807, 2.05) is 26.2 Å². The van der Waals surface area contributed by atoms with Crippen molar-refractivity contribution >= 4 is 63.0 Å². The van der Waals surface area contributed by atoms with E-state index in [-0.39, 0.29) is 17.1 Å². The van der Waals surface area contributed by atoms with Crippen molar-refractivity contribution in [3.05, 3.63) is 62.7 Å². The van der Waals surface area contributed by atoms with Crippen molar-refractivity contribution in [2.24, 2.45) is 0 Å². The smallest absolute Gasteiger partial charge is 0.270 e. The zero-order valence-electron chi connectivity index (χ0n) is 19.7. The number of rotatable bonds is 7. The Labute approximate surface area is 219 Å². The number of aromatic nitrogens is 6. The summed E-state index contributed by atoms with van der Waals surface area (Å²) in [6.45, 7) is 7.68. The molecule has 2 amide bonds. The van der Waals surface area contributed by atoms with Gasteiger partial charge in [0.05, 0.1) is 29.2 Å². The molecule has 0 radical (unpaired) electrons. The van der Waals surface area contributed by atoms with Crippen LogP contribution in [0.2, 0.25) is 5.02 Å². The van der Waals surface area contributed by atoms with Gasteiger partial charge in [-0.2, -0.15) is 0 Å². The van der Waals surface area contributed by atoms with Gasteiger partial charge in [0.1, 0.15) is 27.7 Å². The molecular formula is C22H22ClN9O2S2. The van der Waals surface area contributed by atoms with Gasteiger partial charge in [0.2, 0.25) is 5.95 Å². The molecule has 0 aliphatic rings. The quantitative estimate of drug-likeness (QED) is 0.303. The van der Waals surface area contributed by atoms with Crippen molar-refractivity contribution in [3.8, 4) is 0 Å². The third-order valence-corrected chi connectivity index (χ3v) is 6.86. The van der Waals surface area contributed by atoms with Gasteiger partial charge >= 0.3 is 0 Å². The van der Waals surface area contributed by atoms with Gasteiger partial charge in [-0.1, -0.05) is 32.4 Å². The largest absolute Gasteiger partial charge is 0.342 e. The van der Waals surface area contributed by atoms with E-state index in [9.17, 15) is 9.59 Å². The first-order chi connectivity index (χ1) is 17.1. The zero-order chi connectivity index (χ0) is 25.9. The van der Waals surface area contributed by atoms with E-state index in [1.54, 1.807) is 13.1 Å². The molecule has 4 aromatic rings. The highest BCUT2D eigenvalue weighted by molar-refractivity contribution is 7.14. The van der Waals surface area contributed by atoms with Gasteiger partial charge in [0, 0.05) is 23.1 Å². The first kappa shape index (κ1) is 25.5. The minimum Gasteiger partial charge on any atom is -0.342 e. The van der Waals surface area contributed by atoms with Crippen molar-refractivity contribution in [2.45, 2.75) is 39.2 Å². The molecule has 0 aromatic carbocycles. The van der Waals surface area contributed by atoms with Gasteiger partial charge in [0.15, 0.2) is 5.13 Å². The Balaban J connectivity index is 1.40. The molecule has 36 heavy (non-hydrogen) atoms. The third kappa shape index (κ3) is 6.17. The lowest BCUT2D eigenvalue weighted by atomic mass is 9.92. The lowest BCUT2D eigenvalue weighted by Gasteiger charge is -2.19. The summed E-state index contributed by atoms with van der Waals surface area (Å²) in [5, 5.41) is 12.0. The fourth-order valence-electron chi connectivity index (χ4n) is 2.99. The number of halogens is 1. The molecule has 186 valence electrons. The molecule has 3 N–H and O–H groups in total. The predicted molar refractivity (Wildman–Crippen MR) is 139 cm³/mol. The molecular weight excluding hydrogens is 522 g/mol. The maximum Gasteiger partial charge on any atom is 0.270 e. The van der Waals surface area contributed by atoms with Crippen molar-refractivity contribution in [1.82, 2.24) is 35.2 Å². The Morgan fingerprint density at radius 1 is 1.06 bits per heavy atom. The topological polar surface area (TPSA) is 148 Å². The summed E-state index contributed by atoms with van der Waals surface area (Å²) in [5.74, 6) is -0.215. The highest BCUT2D eigenvalue weighted by atomic mass is 35.5. The van der Waals surface area contributed by atoms with Crippen LogP contribution in [0.25, 0.3) is 0 Å². The Kier molecular flexibility index (Phi) is 7.52. The van der Waals surface area contributed by atoms with E-state index in [0.717, 1.165) is 11.3 Å². The van der Waals surface area contributed by atoms with E-state index >= 15 is 0 Å². The van der Waals surface area contributed by atoms with Crippen molar-refractivity contribution in [1.29, 1.82) is 0 Å². The summed E-state index contributed by atoms with van der Waals surface area (Å²) < 4.78 is 0. The van der Waals surface area contributed by atoms with Crippen LogP contribution in [0.4, 0.5) is 16.9 Å². The molecule has 1 unspecified atom stereocenters. The number of anilines is 3. The normalized spacial score (nSPS) is 12.1. The monoisotopic (exact) mass is 543 g/mol. The van der Waals surface area contributed by atoms with Crippen LogP contribution in [-0.4, -0.2) is 41.7 Å². The average Bonchev–Trinajstić information content (AvgIpc) is 3.52. The molecule has 11 nitrogen and oxygen atoms in total. The SMILES string of the molecule is CC(NC(=O)c1cc(Nc2nccs2)ncn1)c1ncc(C(=O)Nc2ncc(Cl)c(C(C)(C)C)n2)s1. The maximum absolute atomic E-state index is 12.7. The first-order valence-electron chi connectivity index (χ1n) is 10.7. The molecule has 0 spiro atoms. The standard InChI is InChI=1S/C22H22ClN9O2S2/c1-11(29-17(33)13-7-15(28-10-27-13)30-21-24-5-6-35-21)19-25-9-14(36-19)18(34)32-20-26-8-12(23)16(31-20)22(2,3)4/h5-11H,1-4H3,(H,29,33)(H,24,27,28,30)(H,26,31,32,34). The third-order valence-electron chi connectivity index (χ3n) is 4.71. The number of nitrogens with one attached hydrogen (secondary N) is 3. The highest BCUT2D eigenvalue weighted by Crippen LogP contribution is 2.28. The fraction of sp³-hybridized carbons (Fsp3) is 0.273. The van der Waals surface area contributed by atoms with E-state index in [2.05, 4.69) is 45.9 Å². The predicted octanol–water partition coefficient (Wildman–Crippen LogP) is 4.62. The number of thiazole rings is 2. The number of hydrogen-bond acceptors (Lipinski definition) is 11. The van der Waals surface area contributed by atoms with Crippen LogP contribution in [0.15, 0.2) is 36.4 Å². The van der Waals surface area contributed by atoms with Crippen LogP contribution in [-0.2, 0) is 5.41 Å². The number of amides is 2. The van der Waals surface area contributed by atoms with Gasteiger partial charge in [-0.25, -0.2) is 29.9 Å². The number of nitrogens with zero attached hydrogens (tertiary/aromatic N) is 6. The van der Waals surface area contributed by atoms with Crippen molar-refractivity contribution in [2.75, 3.05) is 10.6 Å². The summed E-state index contributed by atoms with van der Waals surface area (Å²) >= 11 is 8.77. The van der Waals surface area contributed by atoms with Gasteiger partial charge in [-0.3, -0.25) is 14.9 Å². The Morgan fingerprint density at radius 2 is 1.86 bits per heavy atom. The molecule has 1 atom stereocenters. The summed E-state index contributed by atoms with van der Waals surface area (Å²) in [6.07, 6.45) is 5.87. The van der Waals surface area contributed by atoms with E-state index in [1.165, 1.54) is 36.1 Å². The van der Waals surface area contributed by atoms with Crippen LogP contribution in [0.3, 0.4) is 0 Å². The second kappa shape index (κ2) is 10.6. The van der Waals surface area contributed by atoms with Gasteiger partial charge in [-0.05, 0) is 6.92 Å². The summed E-state index contributed by atoms with van der Waals surface area (Å²) in [7, 11) is 0. The molecule has 0 bridgehead atoms. The van der Waals surface area contributed by atoms with E-state index in [0.29, 0.717) is 31.6 Å². The van der Waals surface area contributed by atoms with Crippen LogP contribution in [0.5, 0.6) is 0 Å². The van der Waals surface area contributed by atoms with Crippen molar-refractivity contribution in [3.63, 3.8) is 0 Å². The molecule has 4 aromatic heterocycles. The van der Waals surface area contributed by atoms with Crippen molar-refractivity contribution < 1.29 is 9.59 Å². The number of hydrogen-bond donors (Lipinski definition) is 3. The minimum atomic E-state index is -0.464. The molecule has 4 rings (SSSR count). The lowest BCUT2D eigenvalue weighted by Crippen LogP contribution is -2.27. The Morgan fingerprint density at radius 3 is 2.58 bits per heavy atom. The minimum absolute atomic E-state index is 0.150. The molecule has 0 aliphatic heterocycles. The molecule has 0 fully saturated rings. The van der Waals surface area contributed by atoms with Gasteiger partial charge in [0.25, 0.3) is 11.8 Å². The van der Waals surface area contributed by atoms with Crippen LogP contribution >= 0.6 is 34.3 Å². The Bertz CT molecular complexity index is 1390. The summed E-state index contributed by atoms with van der Waals surface area (Å²) in [5.41, 5.74) is 0.497. The Hall–Kier alpha value is -3.55. The number of carbonyl (C=O) groups excluding carboxylic acids is 2. The fourth-order valence-corrected chi connectivity index (χ4v) is 4.71. The van der Waals surface area contributed by atoms with Crippen LogP contribution in [0, 0.1) is 0 Å². The molecule has 0 aliphatic carbocycles. The highest BCUT2D eigenvalue weighted by Gasteiger charge is 2.22. The average molecular weight is 544 g/mol. The lowest BCUT2D eigenvalue weighted by molar-refractivity contribution is 0.0934. The van der Waals surface area contributed by atoms with Crippen LogP contribution < -0.4 is 16.0 Å². The molecule has 14 heteroatoms. The first-order valence-corrected chi connectivity index (χ1v) is 12.8. The molecule has 0 saturated carbocycles. The van der Waals surface area contributed by atoms with Gasteiger partial charge < -0.3 is 10.6 Å². The molecule has 4 heterocycles.